The van der Waals surface area contributed by atoms with Gasteiger partial charge in [0.2, 0.25) is 0 Å². The minimum Gasteiger partial charge on any atom is -0.491 e. The van der Waals surface area contributed by atoms with E-state index < -0.39 is 11.8 Å². The summed E-state index contributed by atoms with van der Waals surface area (Å²) in [7, 11) is 2.03. The molecule has 0 saturated heterocycles. The summed E-state index contributed by atoms with van der Waals surface area (Å²) < 4.78 is 20.4. The summed E-state index contributed by atoms with van der Waals surface area (Å²) in [5.41, 5.74) is 6.42. The van der Waals surface area contributed by atoms with Crippen molar-refractivity contribution in [1.29, 1.82) is 0 Å². The van der Waals surface area contributed by atoms with Gasteiger partial charge in [-0.2, -0.15) is 0 Å². The van der Waals surface area contributed by atoms with Crippen LogP contribution in [0.5, 0.6) is 5.75 Å². The molecule has 0 spiro atoms. The largest absolute Gasteiger partial charge is 0.491 e. The molecule has 2 aromatic rings. The van der Waals surface area contributed by atoms with Crippen molar-refractivity contribution < 1.29 is 19.0 Å². The second kappa shape index (κ2) is 8.21. The lowest BCUT2D eigenvalue weighted by Gasteiger charge is -2.21. The van der Waals surface area contributed by atoms with Crippen LogP contribution in [0.1, 0.15) is 42.0 Å². The van der Waals surface area contributed by atoms with Crippen molar-refractivity contribution in [1.82, 2.24) is 0 Å². The standard InChI is InChI=1S/C23H28FNO3/c1-5-6-9-28-21-11-15(3)17(12-19(21)24)23-16-7-8-25(4)20(16)10-14(2)18(23)13-22(26)27/h10-12H,5-9,13H2,1-4H3,(H,26,27). The molecule has 2 aromatic carbocycles. The van der Waals surface area contributed by atoms with Crippen LogP contribution in [0, 0.1) is 19.7 Å². The van der Waals surface area contributed by atoms with Gasteiger partial charge in [-0.1, -0.05) is 13.3 Å². The fraction of sp³-hybridized carbons (Fsp3) is 0.435. The molecular formula is C23H28FNO3. The van der Waals surface area contributed by atoms with Crippen LogP contribution in [0.4, 0.5) is 10.1 Å². The monoisotopic (exact) mass is 385 g/mol. The van der Waals surface area contributed by atoms with Gasteiger partial charge in [-0.15, -0.1) is 0 Å². The number of aliphatic carboxylic acids is 1. The molecule has 0 bridgehead atoms. The van der Waals surface area contributed by atoms with E-state index in [9.17, 15) is 14.3 Å². The highest BCUT2D eigenvalue weighted by atomic mass is 19.1. The topological polar surface area (TPSA) is 49.8 Å². The Hall–Kier alpha value is -2.56. The fourth-order valence-electron chi connectivity index (χ4n) is 3.95. The molecule has 1 N–H and O–H groups in total. The van der Waals surface area contributed by atoms with Gasteiger partial charge < -0.3 is 14.7 Å². The number of aryl methyl sites for hydroxylation is 2. The number of carbonyl (C=O) groups is 1. The van der Waals surface area contributed by atoms with E-state index in [1.54, 1.807) is 6.07 Å². The number of unbranched alkanes of at least 4 members (excludes halogenated alkanes) is 1. The Morgan fingerprint density at radius 3 is 2.68 bits per heavy atom. The van der Waals surface area contributed by atoms with Crippen LogP contribution >= 0.6 is 0 Å². The van der Waals surface area contributed by atoms with Crippen molar-refractivity contribution in [3.05, 3.63) is 46.3 Å². The van der Waals surface area contributed by atoms with Gasteiger partial charge in [0.1, 0.15) is 0 Å². The maximum atomic E-state index is 14.8. The second-order valence-electron chi connectivity index (χ2n) is 7.59. The zero-order chi connectivity index (χ0) is 20.4. The molecule has 150 valence electrons. The highest BCUT2D eigenvalue weighted by Gasteiger charge is 2.26. The van der Waals surface area contributed by atoms with Crippen LogP contribution in [-0.4, -0.2) is 31.3 Å². The first-order valence-corrected chi connectivity index (χ1v) is 9.85. The molecule has 4 nitrogen and oxygen atoms in total. The summed E-state index contributed by atoms with van der Waals surface area (Å²) in [6.45, 7) is 7.29. The number of fused-ring (bicyclic) bond motifs is 1. The first-order valence-electron chi connectivity index (χ1n) is 9.85. The number of hydrogen-bond donors (Lipinski definition) is 1. The number of rotatable bonds is 7. The number of carboxylic acids is 1. The third-order valence-electron chi connectivity index (χ3n) is 5.48. The molecule has 1 aliphatic rings. The van der Waals surface area contributed by atoms with Gasteiger partial charge in [-0.05, 0) is 78.3 Å². The number of halogens is 1. The zero-order valence-corrected chi connectivity index (χ0v) is 17.1. The number of carboxylic acid groups (broad SMARTS) is 1. The molecule has 1 heterocycles. The van der Waals surface area contributed by atoms with Crippen LogP contribution in [0.2, 0.25) is 0 Å². The van der Waals surface area contributed by atoms with Gasteiger partial charge in [-0.25, -0.2) is 4.39 Å². The van der Waals surface area contributed by atoms with E-state index in [0.29, 0.717) is 6.61 Å². The second-order valence-corrected chi connectivity index (χ2v) is 7.59. The van der Waals surface area contributed by atoms with Crippen molar-refractivity contribution in [3.63, 3.8) is 0 Å². The minimum atomic E-state index is -0.881. The van der Waals surface area contributed by atoms with Gasteiger partial charge in [0.05, 0.1) is 13.0 Å². The molecular weight excluding hydrogens is 357 g/mol. The minimum absolute atomic E-state index is 0.0754. The molecule has 0 amide bonds. The first-order chi connectivity index (χ1) is 13.3. The summed E-state index contributed by atoms with van der Waals surface area (Å²) in [4.78, 5) is 13.7. The smallest absolute Gasteiger partial charge is 0.307 e. The number of anilines is 1. The average molecular weight is 385 g/mol. The number of nitrogens with zero attached hydrogens (tertiary/aromatic N) is 1. The molecule has 5 heteroatoms. The molecule has 0 aromatic heterocycles. The van der Waals surface area contributed by atoms with Crippen molar-refractivity contribution in [2.45, 2.75) is 46.5 Å². The molecule has 0 unspecified atom stereocenters. The van der Waals surface area contributed by atoms with Crippen molar-refractivity contribution >= 4 is 11.7 Å². The molecule has 0 fully saturated rings. The van der Waals surface area contributed by atoms with E-state index in [4.69, 9.17) is 4.74 Å². The summed E-state index contributed by atoms with van der Waals surface area (Å²) in [5, 5.41) is 9.45. The Labute approximate surface area is 165 Å². The predicted octanol–water partition coefficient (Wildman–Crippen LogP) is 4.91. The Balaban J connectivity index is 2.16. The molecule has 1 aliphatic heterocycles. The summed E-state index contributed by atoms with van der Waals surface area (Å²) in [6.07, 6.45) is 2.61. The maximum absolute atomic E-state index is 14.8. The van der Waals surface area contributed by atoms with Gasteiger partial charge in [0, 0.05) is 19.3 Å². The fourth-order valence-corrected chi connectivity index (χ4v) is 3.95. The highest BCUT2D eigenvalue weighted by Crippen LogP contribution is 2.42. The van der Waals surface area contributed by atoms with Crippen LogP contribution in [0.15, 0.2) is 18.2 Å². The van der Waals surface area contributed by atoms with E-state index in [0.717, 1.165) is 64.9 Å². The lowest BCUT2D eigenvalue weighted by Crippen LogP contribution is -2.13. The Morgan fingerprint density at radius 2 is 2.00 bits per heavy atom. The van der Waals surface area contributed by atoms with Gasteiger partial charge >= 0.3 is 5.97 Å². The predicted molar refractivity (Wildman–Crippen MR) is 110 cm³/mol. The SMILES string of the molecule is CCCCOc1cc(C)c(-c2c(CC(=O)O)c(C)cc3c2CCN3C)cc1F. The van der Waals surface area contributed by atoms with Crippen LogP contribution in [-0.2, 0) is 17.6 Å². The lowest BCUT2D eigenvalue weighted by molar-refractivity contribution is -0.136. The van der Waals surface area contributed by atoms with Crippen LogP contribution in [0.3, 0.4) is 0 Å². The van der Waals surface area contributed by atoms with E-state index in [2.05, 4.69) is 17.9 Å². The molecule has 0 saturated carbocycles. The summed E-state index contributed by atoms with van der Waals surface area (Å²) >= 11 is 0. The van der Waals surface area contributed by atoms with Gasteiger partial charge in [0.25, 0.3) is 0 Å². The Bertz CT molecular complexity index is 907. The van der Waals surface area contributed by atoms with E-state index in [1.807, 2.05) is 20.9 Å². The molecule has 0 aliphatic carbocycles. The van der Waals surface area contributed by atoms with Crippen LogP contribution in [0.25, 0.3) is 11.1 Å². The number of hydrogen-bond acceptors (Lipinski definition) is 3. The quantitative estimate of drug-likeness (QED) is 0.688. The molecule has 3 rings (SSSR count). The number of benzene rings is 2. The summed E-state index contributed by atoms with van der Waals surface area (Å²) in [5.74, 6) is -1.02. The third-order valence-corrected chi connectivity index (χ3v) is 5.48. The third kappa shape index (κ3) is 3.84. The van der Waals surface area contributed by atoms with Crippen molar-refractivity contribution in [2.24, 2.45) is 0 Å². The van der Waals surface area contributed by atoms with E-state index in [1.165, 1.54) is 6.07 Å². The van der Waals surface area contributed by atoms with Crippen molar-refractivity contribution in [2.75, 3.05) is 25.1 Å². The zero-order valence-electron chi connectivity index (χ0n) is 17.1. The first kappa shape index (κ1) is 20.2. The highest BCUT2D eigenvalue weighted by molar-refractivity contribution is 5.86. The Morgan fingerprint density at radius 1 is 1.25 bits per heavy atom. The average Bonchev–Trinajstić information content (AvgIpc) is 2.99. The van der Waals surface area contributed by atoms with Gasteiger partial charge in [-0.3, -0.25) is 4.79 Å². The van der Waals surface area contributed by atoms with E-state index in [-0.39, 0.29) is 12.2 Å². The molecule has 28 heavy (non-hydrogen) atoms. The van der Waals surface area contributed by atoms with Gasteiger partial charge in [0.15, 0.2) is 11.6 Å². The van der Waals surface area contributed by atoms with Crippen LogP contribution < -0.4 is 9.64 Å². The molecule has 0 atom stereocenters. The van der Waals surface area contributed by atoms with Crippen molar-refractivity contribution in [3.8, 4) is 16.9 Å². The van der Waals surface area contributed by atoms with E-state index >= 15 is 0 Å². The summed E-state index contributed by atoms with van der Waals surface area (Å²) in [6, 6.07) is 5.30. The Kier molecular flexibility index (Phi) is 5.92. The lowest BCUT2D eigenvalue weighted by atomic mass is 9.86. The normalized spacial score (nSPS) is 13.0. The number of ether oxygens (including phenoxy) is 1. The molecule has 0 radical (unpaired) electrons. The maximum Gasteiger partial charge on any atom is 0.307 e. The number of likely N-dealkylation sites (N-methyl/N-ethyl adjacent to an activating group) is 1.